The average Bonchev–Trinajstić information content (AvgIpc) is 3.13. The minimum absolute atomic E-state index is 0. The van der Waals surface area contributed by atoms with Crippen LogP contribution in [0.15, 0.2) is 34.6 Å². The highest BCUT2D eigenvalue weighted by atomic mass is 127. The molecule has 0 aliphatic heterocycles. The quantitative estimate of drug-likeness (QED) is 0.307. The van der Waals surface area contributed by atoms with E-state index < -0.39 is 0 Å². The van der Waals surface area contributed by atoms with Gasteiger partial charge in [0.05, 0.1) is 12.2 Å². The van der Waals surface area contributed by atoms with Gasteiger partial charge in [-0.15, -0.1) is 35.3 Å². The number of aliphatic imine (C=N–C) groups is 1. The zero-order chi connectivity index (χ0) is 18.9. The number of rotatable bonds is 7. The topological polar surface area (TPSA) is 81.6 Å². The lowest BCUT2D eigenvalue weighted by Gasteiger charge is -2.11. The molecule has 0 unspecified atom stereocenters. The Morgan fingerprint density at radius 2 is 2.07 bits per heavy atom. The summed E-state index contributed by atoms with van der Waals surface area (Å²) in [5.74, 6) is 0.657. The van der Waals surface area contributed by atoms with E-state index in [4.69, 9.17) is 0 Å². The molecule has 9 heteroatoms. The summed E-state index contributed by atoms with van der Waals surface area (Å²) in [6, 6.07) is 7.64. The zero-order valence-corrected chi connectivity index (χ0v) is 19.2. The van der Waals surface area contributed by atoms with Crippen LogP contribution in [0.5, 0.6) is 0 Å². The summed E-state index contributed by atoms with van der Waals surface area (Å²) in [4.78, 5) is 22.5. The Hall–Kier alpha value is -1.88. The SMILES string of the molecule is CN=C(NCCc1cccc(C(=O)NC)c1)NCc1csc(N(C)C)n1.I. The maximum Gasteiger partial charge on any atom is 0.251 e. The molecule has 0 aliphatic carbocycles. The van der Waals surface area contributed by atoms with Gasteiger partial charge in [0.1, 0.15) is 0 Å². The van der Waals surface area contributed by atoms with E-state index >= 15 is 0 Å². The van der Waals surface area contributed by atoms with Crippen LogP contribution in [-0.2, 0) is 13.0 Å². The number of amides is 1. The van der Waals surface area contributed by atoms with Gasteiger partial charge in [-0.25, -0.2) is 4.98 Å². The van der Waals surface area contributed by atoms with Gasteiger partial charge in [0.25, 0.3) is 5.91 Å². The third kappa shape index (κ3) is 7.33. The summed E-state index contributed by atoms with van der Waals surface area (Å²) in [6.45, 7) is 1.34. The summed E-state index contributed by atoms with van der Waals surface area (Å²) in [7, 11) is 7.34. The van der Waals surface area contributed by atoms with E-state index in [0.717, 1.165) is 35.3 Å². The average molecular weight is 502 g/mol. The van der Waals surface area contributed by atoms with Crippen LogP contribution < -0.4 is 20.9 Å². The van der Waals surface area contributed by atoms with Gasteiger partial charge in [0, 0.05) is 45.7 Å². The normalized spacial score (nSPS) is 10.7. The number of hydrogen-bond acceptors (Lipinski definition) is 5. The Morgan fingerprint density at radius 3 is 2.70 bits per heavy atom. The lowest BCUT2D eigenvalue weighted by atomic mass is 10.1. The van der Waals surface area contributed by atoms with Crippen LogP contribution in [0.4, 0.5) is 5.13 Å². The molecule has 7 nitrogen and oxygen atoms in total. The Labute approximate surface area is 181 Å². The molecule has 2 rings (SSSR count). The molecular weight excluding hydrogens is 475 g/mol. The first-order valence-corrected chi connectivity index (χ1v) is 9.28. The molecule has 3 N–H and O–H groups in total. The van der Waals surface area contributed by atoms with Gasteiger partial charge in [0.15, 0.2) is 11.1 Å². The van der Waals surface area contributed by atoms with Crippen LogP contribution >= 0.6 is 35.3 Å². The van der Waals surface area contributed by atoms with E-state index in [1.807, 2.05) is 48.6 Å². The number of carbonyl (C=O) groups is 1. The first-order chi connectivity index (χ1) is 12.5. The molecule has 27 heavy (non-hydrogen) atoms. The van der Waals surface area contributed by atoms with Crippen molar-refractivity contribution >= 4 is 52.3 Å². The van der Waals surface area contributed by atoms with Crippen molar-refractivity contribution in [3.63, 3.8) is 0 Å². The van der Waals surface area contributed by atoms with Crippen LogP contribution in [0.25, 0.3) is 0 Å². The fourth-order valence-electron chi connectivity index (χ4n) is 2.32. The molecule has 0 fully saturated rings. The van der Waals surface area contributed by atoms with E-state index in [0.29, 0.717) is 12.1 Å². The van der Waals surface area contributed by atoms with Crippen molar-refractivity contribution in [2.45, 2.75) is 13.0 Å². The lowest BCUT2D eigenvalue weighted by molar-refractivity contribution is 0.0963. The Balaban J connectivity index is 0.00000364. The van der Waals surface area contributed by atoms with Crippen LogP contribution in [0.3, 0.4) is 0 Å². The summed E-state index contributed by atoms with van der Waals surface area (Å²) in [5, 5.41) is 12.2. The number of hydrogen-bond donors (Lipinski definition) is 3. The number of carbonyl (C=O) groups excluding carboxylic acids is 1. The number of benzene rings is 1. The van der Waals surface area contributed by atoms with Gasteiger partial charge < -0.3 is 20.9 Å². The molecule has 0 spiro atoms. The van der Waals surface area contributed by atoms with Crippen LogP contribution in [0, 0.1) is 0 Å². The maximum atomic E-state index is 11.7. The zero-order valence-electron chi connectivity index (χ0n) is 16.1. The number of aromatic nitrogens is 1. The smallest absolute Gasteiger partial charge is 0.251 e. The molecule has 0 bridgehead atoms. The monoisotopic (exact) mass is 502 g/mol. The van der Waals surface area contributed by atoms with Crippen molar-refractivity contribution in [1.82, 2.24) is 20.9 Å². The molecule has 2 aromatic rings. The fourth-order valence-corrected chi connectivity index (χ4v) is 3.07. The van der Waals surface area contributed by atoms with Gasteiger partial charge >= 0.3 is 0 Å². The Kier molecular flexibility index (Phi) is 10.1. The van der Waals surface area contributed by atoms with Gasteiger partial charge in [-0.05, 0) is 24.1 Å². The predicted octanol–water partition coefficient (Wildman–Crippen LogP) is 2.09. The highest BCUT2D eigenvalue weighted by Gasteiger charge is 2.06. The molecule has 1 heterocycles. The summed E-state index contributed by atoms with van der Waals surface area (Å²) in [5.41, 5.74) is 2.76. The second kappa shape index (κ2) is 11.8. The van der Waals surface area contributed by atoms with Gasteiger partial charge in [-0.2, -0.15) is 0 Å². The summed E-state index contributed by atoms with van der Waals surface area (Å²) >= 11 is 1.62. The number of nitrogens with zero attached hydrogens (tertiary/aromatic N) is 3. The van der Waals surface area contributed by atoms with Gasteiger partial charge in [-0.3, -0.25) is 9.79 Å². The van der Waals surface area contributed by atoms with Crippen molar-refractivity contribution in [1.29, 1.82) is 0 Å². The Morgan fingerprint density at radius 1 is 1.30 bits per heavy atom. The van der Waals surface area contributed by atoms with Crippen molar-refractivity contribution in [3.05, 3.63) is 46.5 Å². The molecule has 0 saturated heterocycles. The second-order valence-corrected chi connectivity index (χ2v) is 6.73. The van der Waals surface area contributed by atoms with E-state index in [9.17, 15) is 4.79 Å². The summed E-state index contributed by atoms with van der Waals surface area (Å²) < 4.78 is 0. The largest absolute Gasteiger partial charge is 0.356 e. The van der Waals surface area contributed by atoms with E-state index in [-0.39, 0.29) is 29.9 Å². The molecule has 1 amide bonds. The van der Waals surface area contributed by atoms with E-state index in [1.54, 1.807) is 25.4 Å². The molecule has 0 atom stereocenters. The molecule has 1 aromatic heterocycles. The lowest BCUT2D eigenvalue weighted by Crippen LogP contribution is -2.38. The molecule has 0 saturated carbocycles. The van der Waals surface area contributed by atoms with Crippen molar-refractivity contribution in [2.24, 2.45) is 4.99 Å². The molecular formula is C18H27IN6OS. The molecule has 148 valence electrons. The van der Waals surface area contributed by atoms with Crippen molar-refractivity contribution in [2.75, 3.05) is 39.6 Å². The van der Waals surface area contributed by atoms with Crippen LogP contribution in [0.1, 0.15) is 21.6 Å². The Bertz CT molecular complexity index is 762. The van der Waals surface area contributed by atoms with Crippen molar-refractivity contribution < 1.29 is 4.79 Å². The first kappa shape index (κ1) is 23.2. The van der Waals surface area contributed by atoms with E-state index in [1.165, 1.54) is 0 Å². The highest BCUT2D eigenvalue weighted by Crippen LogP contribution is 2.17. The number of guanidine groups is 1. The number of thiazole rings is 1. The standard InChI is InChI=1S/C18H26N6OS.HI/c1-19-16(25)14-7-5-6-13(10-14)8-9-21-17(20-2)22-11-15-12-26-18(23-15)24(3)4;/h5-7,10,12H,8-9,11H2,1-4H3,(H,19,25)(H2,20,21,22);1H. The van der Waals surface area contributed by atoms with Crippen LogP contribution in [0.2, 0.25) is 0 Å². The molecule has 1 aromatic carbocycles. The van der Waals surface area contributed by atoms with Gasteiger partial charge in [0.2, 0.25) is 0 Å². The predicted molar refractivity (Wildman–Crippen MR) is 124 cm³/mol. The van der Waals surface area contributed by atoms with E-state index in [2.05, 4.69) is 25.9 Å². The summed E-state index contributed by atoms with van der Waals surface area (Å²) in [6.07, 6.45) is 0.799. The third-order valence-electron chi connectivity index (χ3n) is 3.71. The third-order valence-corrected chi connectivity index (χ3v) is 4.76. The highest BCUT2D eigenvalue weighted by molar-refractivity contribution is 14.0. The van der Waals surface area contributed by atoms with Gasteiger partial charge in [-0.1, -0.05) is 12.1 Å². The van der Waals surface area contributed by atoms with Crippen molar-refractivity contribution in [3.8, 4) is 0 Å². The minimum atomic E-state index is -0.0716. The maximum absolute atomic E-state index is 11.7. The number of nitrogens with one attached hydrogen (secondary N) is 3. The fraction of sp³-hybridized carbons (Fsp3) is 0.389. The first-order valence-electron chi connectivity index (χ1n) is 8.40. The number of halogens is 1. The molecule has 0 radical (unpaired) electrons. The van der Waals surface area contributed by atoms with Crippen LogP contribution in [-0.4, -0.2) is 51.6 Å². The minimum Gasteiger partial charge on any atom is -0.356 e. The second-order valence-electron chi connectivity index (χ2n) is 5.90. The number of anilines is 1. The molecule has 0 aliphatic rings.